The molecule has 2 heterocycles. The van der Waals surface area contributed by atoms with Gasteiger partial charge in [0, 0.05) is 26.7 Å². The first-order valence-electron chi connectivity index (χ1n) is 8.18. The Morgan fingerprint density at radius 3 is 2.68 bits per heavy atom. The molecule has 0 spiro atoms. The van der Waals surface area contributed by atoms with E-state index in [1.807, 2.05) is 20.8 Å². The van der Waals surface area contributed by atoms with Crippen LogP contribution in [0.25, 0.3) is 0 Å². The van der Waals surface area contributed by atoms with Crippen molar-refractivity contribution in [2.45, 2.75) is 43.4 Å². The van der Waals surface area contributed by atoms with Crippen molar-refractivity contribution < 1.29 is 17.9 Å². The van der Waals surface area contributed by atoms with Gasteiger partial charge in [-0.25, -0.2) is 13.2 Å². The molecule has 1 aliphatic heterocycles. The number of hydrogen-bond acceptors (Lipinski definition) is 5. The molecular formula is C16H25BrN2O4S2. The van der Waals surface area contributed by atoms with E-state index in [1.165, 1.54) is 15.6 Å². The van der Waals surface area contributed by atoms with Crippen LogP contribution in [0.4, 0.5) is 4.79 Å². The van der Waals surface area contributed by atoms with Crippen LogP contribution in [0, 0.1) is 5.92 Å². The number of ether oxygens (including phenoxy) is 1. The van der Waals surface area contributed by atoms with Crippen molar-refractivity contribution in [1.82, 2.24) is 9.21 Å². The van der Waals surface area contributed by atoms with Crippen molar-refractivity contribution in [3.63, 3.8) is 0 Å². The van der Waals surface area contributed by atoms with Crippen LogP contribution in [-0.2, 0) is 14.8 Å². The number of nitrogens with zero attached hydrogens (tertiary/aromatic N) is 2. The van der Waals surface area contributed by atoms with E-state index in [2.05, 4.69) is 15.9 Å². The van der Waals surface area contributed by atoms with Gasteiger partial charge >= 0.3 is 6.09 Å². The van der Waals surface area contributed by atoms with E-state index in [0.29, 0.717) is 23.8 Å². The molecule has 0 bridgehead atoms. The number of thiophene rings is 1. The maximum Gasteiger partial charge on any atom is 0.410 e. The maximum absolute atomic E-state index is 12.6. The Labute approximate surface area is 162 Å². The number of hydrogen-bond donors (Lipinski definition) is 0. The summed E-state index contributed by atoms with van der Waals surface area (Å²) in [6, 6.07) is 3.34. The van der Waals surface area contributed by atoms with Gasteiger partial charge in [-0.1, -0.05) is 0 Å². The summed E-state index contributed by atoms with van der Waals surface area (Å²) < 4.78 is 33.2. The zero-order valence-electron chi connectivity index (χ0n) is 15.0. The highest BCUT2D eigenvalue weighted by Gasteiger charge is 2.31. The number of carbonyl (C=O) groups excluding carboxylic acids is 1. The van der Waals surface area contributed by atoms with Crippen LogP contribution < -0.4 is 0 Å². The van der Waals surface area contributed by atoms with Crippen molar-refractivity contribution in [2.24, 2.45) is 5.92 Å². The average molecular weight is 453 g/mol. The van der Waals surface area contributed by atoms with Crippen LogP contribution in [0.3, 0.4) is 0 Å². The minimum Gasteiger partial charge on any atom is -0.444 e. The van der Waals surface area contributed by atoms with E-state index in [4.69, 9.17) is 4.74 Å². The third-order valence-electron chi connectivity index (χ3n) is 3.90. The molecule has 1 saturated heterocycles. The predicted molar refractivity (Wildman–Crippen MR) is 102 cm³/mol. The summed E-state index contributed by atoms with van der Waals surface area (Å²) in [5.74, 6) is 0.101. The number of sulfonamides is 1. The van der Waals surface area contributed by atoms with Gasteiger partial charge in [0.2, 0.25) is 0 Å². The Balaban J connectivity index is 1.99. The van der Waals surface area contributed by atoms with E-state index in [0.717, 1.165) is 16.6 Å². The highest BCUT2D eigenvalue weighted by molar-refractivity contribution is 9.11. The summed E-state index contributed by atoms with van der Waals surface area (Å²) >= 11 is 4.50. The highest BCUT2D eigenvalue weighted by atomic mass is 79.9. The van der Waals surface area contributed by atoms with Crippen LogP contribution in [0.15, 0.2) is 20.1 Å². The molecule has 1 aromatic heterocycles. The smallest absolute Gasteiger partial charge is 0.410 e. The van der Waals surface area contributed by atoms with Crippen molar-refractivity contribution in [1.29, 1.82) is 0 Å². The van der Waals surface area contributed by atoms with Crippen molar-refractivity contribution in [2.75, 3.05) is 26.7 Å². The first-order chi connectivity index (χ1) is 11.5. The maximum atomic E-state index is 12.6. The third kappa shape index (κ3) is 5.67. The summed E-state index contributed by atoms with van der Waals surface area (Å²) in [5, 5.41) is 0. The predicted octanol–water partition coefficient (Wildman–Crippen LogP) is 3.78. The Hall–Kier alpha value is -0.640. The lowest BCUT2D eigenvalue weighted by molar-refractivity contribution is 0.0160. The van der Waals surface area contributed by atoms with E-state index >= 15 is 0 Å². The Morgan fingerprint density at radius 1 is 1.44 bits per heavy atom. The number of rotatable bonds is 4. The Morgan fingerprint density at radius 2 is 2.12 bits per heavy atom. The monoisotopic (exact) mass is 452 g/mol. The van der Waals surface area contributed by atoms with E-state index in [1.54, 1.807) is 24.1 Å². The minimum atomic E-state index is -3.50. The molecule has 0 saturated carbocycles. The zero-order valence-corrected chi connectivity index (χ0v) is 18.2. The average Bonchev–Trinajstić information content (AvgIpc) is 2.93. The van der Waals surface area contributed by atoms with Gasteiger partial charge in [0.15, 0.2) is 0 Å². The fourth-order valence-electron chi connectivity index (χ4n) is 2.76. The van der Waals surface area contributed by atoms with E-state index in [-0.39, 0.29) is 12.0 Å². The molecule has 0 aliphatic carbocycles. The summed E-state index contributed by atoms with van der Waals surface area (Å²) in [4.78, 5) is 13.9. The van der Waals surface area contributed by atoms with Crippen LogP contribution in [0.2, 0.25) is 0 Å². The fraction of sp³-hybridized carbons (Fsp3) is 0.688. The van der Waals surface area contributed by atoms with Gasteiger partial charge < -0.3 is 9.64 Å². The van der Waals surface area contributed by atoms with Crippen molar-refractivity contribution in [3.8, 4) is 0 Å². The van der Waals surface area contributed by atoms with Crippen LogP contribution in [0.1, 0.15) is 33.6 Å². The number of likely N-dealkylation sites (tertiary alicyclic amines) is 1. The topological polar surface area (TPSA) is 66.9 Å². The molecule has 25 heavy (non-hydrogen) atoms. The van der Waals surface area contributed by atoms with Gasteiger partial charge in [0.25, 0.3) is 10.0 Å². The fourth-order valence-corrected chi connectivity index (χ4v) is 6.23. The molecule has 142 valence electrons. The normalized spacial score (nSPS) is 19.3. The highest BCUT2D eigenvalue weighted by Crippen LogP contribution is 2.29. The standard InChI is InChI=1S/C16H25BrN2O4S2/c1-16(2,3)23-15(20)19-9-5-6-12(11-19)10-18(4)25(21,22)14-8-7-13(17)24-14/h7-8,12H,5-6,9-11H2,1-4H3. The first kappa shape index (κ1) is 20.7. The molecule has 1 aromatic rings. The van der Waals surface area contributed by atoms with Gasteiger partial charge in [0.05, 0.1) is 3.79 Å². The van der Waals surface area contributed by atoms with E-state index in [9.17, 15) is 13.2 Å². The largest absolute Gasteiger partial charge is 0.444 e. The molecular weight excluding hydrogens is 428 g/mol. The summed E-state index contributed by atoms with van der Waals surface area (Å²) in [6.45, 7) is 7.07. The van der Waals surface area contributed by atoms with Gasteiger partial charge in [-0.15, -0.1) is 11.3 Å². The minimum absolute atomic E-state index is 0.101. The summed E-state index contributed by atoms with van der Waals surface area (Å²) in [6.07, 6.45) is 1.42. The second kappa shape index (κ2) is 7.94. The Bertz CT molecular complexity index is 712. The molecule has 1 fully saturated rings. The van der Waals surface area contributed by atoms with Gasteiger partial charge in [-0.2, -0.15) is 4.31 Å². The number of amides is 1. The Kier molecular flexibility index (Phi) is 6.56. The zero-order chi connectivity index (χ0) is 18.8. The first-order valence-corrected chi connectivity index (χ1v) is 11.2. The number of piperidine rings is 1. The second-order valence-corrected chi connectivity index (χ2v) is 12.0. The lowest BCUT2D eigenvalue weighted by Crippen LogP contribution is -2.45. The molecule has 1 aliphatic rings. The molecule has 9 heteroatoms. The molecule has 1 amide bonds. The molecule has 1 unspecified atom stereocenters. The molecule has 0 N–H and O–H groups in total. The van der Waals surface area contributed by atoms with Gasteiger partial charge in [0.1, 0.15) is 9.81 Å². The number of carbonyl (C=O) groups is 1. The lowest BCUT2D eigenvalue weighted by Gasteiger charge is -2.35. The SMILES string of the molecule is CN(CC1CCCN(C(=O)OC(C)(C)C)C1)S(=O)(=O)c1ccc(Br)s1. The molecule has 2 rings (SSSR count). The van der Waals surface area contributed by atoms with Gasteiger partial charge in [-0.3, -0.25) is 0 Å². The van der Waals surface area contributed by atoms with Crippen molar-refractivity contribution in [3.05, 3.63) is 15.9 Å². The summed E-state index contributed by atoms with van der Waals surface area (Å²) in [5.41, 5.74) is -0.531. The lowest BCUT2D eigenvalue weighted by atomic mass is 9.98. The van der Waals surface area contributed by atoms with E-state index < -0.39 is 15.6 Å². The van der Waals surface area contributed by atoms with Crippen LogP contribution >= 0.6 is 27.3 Å². The molecule has 6 nitrogen and oxygen atoms in total. The molecule has 1 atom stereocenters. The van der Waals surface area contributed by atoms with Crippen LogP contribution in [-0.4, -0.2) is 56.0 Å². The third-order valence-corrected chi connectivity index (χ3v) is 7.81. The quantitative estimate of drug-likeness (QED) is 0.696. The molecule has 0 aromatic carbocycles. The summed E-state index contributed by atoms with van der Waals surface area (Å²) in [7, 11) is -1.90. The number of halogens is 1. The molecule has 0 radical (unpaired) electrons. The van der Waals surface area contributed by atoms with Crippen molar-refractivity contribution >= 4 is 43.4 Å². The second-order valence-electron chi connectivity index (χ2n) is 7.28. The van der Waals surface area contributed by atoms with Crippen LogP contribution in [0.5, 0.6) is 0 Å². The van der Waals surface area contributed by atoms with Gasteiger partial charge in [-0.05, 0) is 67.6 Å².